The molecule has 1 aliphatic rings. The molecule has 3 rings (SSSR count). The molecule has 0 bridgehead atoms. The number of hydrogen-bond acceptors (Lipinski definition) is 4. The Bertz CT molecular complexity index is 704. The maximum Gasteiger partial charge on any atom is 0.123 e. The van der Waals surface area contributed by atoms with Crippen LogP contribution in [0.4, 0.5) is 4.39 Å². The van der Waals surface area contributed by atoms with Crippen LogP contribution in [-0.4, -0.2) is 23.9 Å². The number of nitrogens with zero attached hydrogens (tertiary/aromatic N) is 1. The van der Waals surface area contributed by atoms with Crippen LogP contribution in [-0.2, 0) is 6.42 Å². The van der Waals surface area contributed by atoms with Gasteiger partial charge >= 0.3 is 0 Å². The lowest BCUT2D eigenvalue weighted by Gasteiger charge is -2.32. The summed E-state index contributed by atoms with van der Waals surface area (Å²) < 4.78 is 19.2. The van der Waals surface area contributed by atoms with Gasteiger partial charge in [-0.25, -0.2) is 4.39 Å². The highest BCUT2D eigenvalue weighted by Gasteiger charge is 2.29. The van der Waals surface area contributed by atoms with Gasteiger partial charge in [0.15, 0.2) is 0 Å². The summed E-state index contributed by atoms with van der Waals surface area (Å²) >= 11 is 0. The minimum Gasteiger partial charge on any atom is -0.490 e. The van der Waals surface area contributed by atoms with Crippen molar-refractivity contribution in [2.75, 3.05) is 6.54 Å². The molecule has 0 amide bonds. The monoisotopic (exact) mass is 343 g/mol. The Kier molecular flexibility index (Phi) is 5.76. The highest BCUT2D eigenvalue weighted by atomic mass is 19.1. The minimum absolute atomic E-state index is 0.0653. The van der Waals surface area contributed by atoms with E-state index in [0.717, 1.165) is 16.9 Å². The van der Waals surface area contributed by atoms with Gasteiger partial charge in [0, 0.05) is 12.8 Å². The average molecular weight is 343 g/mol. The molecule has 132 valence electrons. The molecule has 0 aliphatic heterocycles. The lowest BCUT2D eigenvalue weighted by atomic mass is 9.85. The van der Waals surface area contributed by atoms with Gasteiger partial charge in [0.25, 0.3) is 0 Å². The maximum atomic E-state index is 13.1. The quantitative estimate of drug-likeness (QED) is 0.804. The average Bonchev–Trinajstić information content (AvgIpc) is 2.58. The largest absolute Gasteiger partial charge is 0.490 e. The number of nitroso groups, excluding NO2 is 1. The zero-order valence-electron chi connectivity index (χ0n) is 14.0. The van der Waals surface area contributed by atoms with E-state index in [1.807, 2.05) is 24.3 Å². The molecule has 1 saturated carbocycles. The number of aliphatic hydroxyl groups is 1. The first-order valence-electron chi connectivity index (χ1n) is 8.60. The SMILES string of the molecule is O=NC[C@@H]1CC(O)C[C@H](Oc2ccccc2Cc2ccc(F)cc2)C1. The second-order valence-electron chi connectivity index (χ2n) is 6.69. The van der Waals surface area contributed by atoms with E-state index in [-0.39, 0.29) is 24.4 Å². The third-order valence-electron chi connectivity index (χ3n) is 4.64. The molecular weight excluding hydrogens is 321 g/mol. The van der Waals surface area contributed by atoms with Gasteiger partial charge in [-0.2, -0.15) is 4.91 Å². The predicted octanol–water partition coefficient (Wildman–Crippen LogP) is 4.09. The Morgan fingerprint density at radius 3 is 2.60 bits per heavy atom. The van der Waals surface area contributed by atoms with Crippen molar-refractivity contribution in [1.29, 1.82) is 0 Å². The van der Waals surface area contributed by atoms with E-state index in [9.17, 15) is 14.4 Å². The Balaban J connectivity index is 1.72. The van der Waals surface area contributed by atoms with Crippen molar-refractivity contribution in [1.82, 2.24) is 0 Å². The molecule has 0 aromatic heterocycles. The number of aliphatic hydroxyl groups excluding tert-OH is 1. The number of benzene rings is 2. The minimum atomic E-state index is -0.463. The second-order valence-corrected chi connectivity index (χ2v) is 6.69. The molecule has 0 radical (unpaired) electrons. The zero-order chi connectivity index (χ0) is 17.6. The van der Waals surface area contributed by atoms with Crippen molar-refractivity contribution in [3.63, 3.8) is 0 Å². The molecular formula is C20H22FNO3. The molecule has 4 nitrogen and oxygen atoms in total. The number of ether oxygens (including phenoxy) is 1. The van der Waals surface area contributed by atoms with Crippen LogP contribution in [0.25, 0.3) is 0 Å². The highest BCUT2D eigenvalue weighted by Crippen LogP contribution is 2.30. The summed E-state index contributed by atoms with van der Waals surface area (Å²) in [5.74, 6) is 0.582. The Morgan fingerprint density at radius 1 is 1.08 bits per heavy atom. The van der Waals surface area contributed by atoms with E-state index < -0.39 is 6.10 Å². The van der Waals surface area contributed by atoms with Crippen LogP contribution in [0.1, 0.15) is 30.4 Å². The summed E-state index contributed by atoms with van der Waals surface area (Å²) in [6, 6.07) is 14.2. The number of halogens is 1. The van der Waals surface area contributed by atoms with Crippen LogP contribution in [0.5, 0.6) is 5.75 Å². The second kappa shape index (κ2) is 8.21. The van der Waals surface area contributed by atoms with Gasteiger partial charge in [-0.15, -0.1) is 0 Å². The molecule has 1 N–H and O–H groups in total. The zero-order valence-corrected chi connectivity index (χ0v) is 14.0. The summed E-state index contributed by atoms with van der Waals surface area (Å²) in [4.78, 5) is 10.5. The summed E-state index contributed by atoms with van der Waals surface area (Å²) in [7, 11) is 0. The third-order valence-corrected chi connectivity index (χ3v) is 4.64. The number of rotatable bonds is 6. The van der Waals surface area contributed by atoms with E-state index in [1.165, 1.54) is 12.1 Å². The molecule has 1 unspecified atom stereocenters. The highest BCUT2D eigenvalue weighted by molar-refractivity contribution is 5.37. The van der Waals surface area contributed by atoms with Crippen LogP contribution < -0.4 is 4.74 Å². The predicted molar refractivity (Wildman–Crippen MR) is 94.1 cm³/mol. The topological polar surface area (TPSA) is 58.9 Å². The maximum absolute atomic E-state index is 13.1. The van der Waals surface area contributed by atoms with Crippen molar-refractivity contribution in [2.24, 2.45) is 11.1 Å². The van der Waals surface area contributed by atoms with Crippen molar-refractivity contribution >= 4 is 0 Å². The standard InChI is InChI=1S/C20H22FNO3/c21-17-7-5-14(6-8-17)9-16-3-1-2-4-20(16)25-19-11-15(13-22-24)10-18(23)12-19/h1-8,15,18-19,23H,9-13H2/t15-,18?,19-/m1/s1. The molecule has 1 fully saturated rings. The first-order valence-corrected chi connectivity index (χ1v) is 8.60. The van der Waals surface area contributed by atoms with Crippen molar-refractivity contribution in [2.45, 2.75) is 37.9 Å². The van der Waals surface area contributed by atoms with E-state index in [0.29, 0.717) is 25.7 Å². The fourth-order valence-electron chi connectivity index (χ4n) is 3.47. The summed E-state index contributed by atoms with van der Waals surface area (Å²) in [6.45, 7) is 0.216. The van der Waals surface area contributed by atoms with E-state index in [1.54, 1.807) is 12.1 Å². The Morgan fingerprint density at radius 2 is 1.84 bits per heavy atom. The molecule has 1 aliphatic carbocycles. The molecule has 0 heterocycles. The summed E-state index contributed by atoms with van der Waals surface area (Å²) in [5, 5.41) is 13.0. The first-order chi connectivity index (χ1) is 12.1. The normalized spacial score (nSPS) is 23.2. The van der Waals surface area contributed by atoms with E-state index in [4.69, 9.17) is 4.74 Å². The molecule has 0 spiro atoms. The fraction of sp³-hybridized carbons (Fsp3) is 0.400. The van der Waals surface area contributed by atoms with Gasteiger partial charge in [-0.05, 0) is 48.1 Å². The van der Waals surface area contributed by atoms with Crippen molar-refractivity contribution in [3.8, 4) is 5.75 Å². The van der Waals surface area contributed by atoms with Gasteiger partial charge < -0.3 is 9.84 Å². The van der Waals surface area contributed by atoms with Crippen LogP contribution in [0.2, 0.25) is 0 Å². The lowest BCUT2D eigenvalue weighted by Crippen LogP contribution is -2.34. The van der Waals surface area contributed by atoms with Gasteiger partial charge in [-0.1, -0.05) is 35.5 Å². The molecule has 25 heavy (non-hydrogen) atoms. The van der Waals surface area contributed by atoms with Gasteiger partial charge in [0.2, 0.25) is 0 Å². The molecule has 3 atom stereocenters. The number of para-hydroxylation sites is 1. The third kappa shape index (κ3) is 4.86. The van der Waals surface area contributed by atoms with Crippen LogP contribution in [0.15, 0.2) is 53.7 Å². The van der Waals surface area contributed by atoms with Crippen LogP contribution in [0, 0.1) is 16.6 Å². The van der Waals surface area contributed by atoms with Gasteiger partial charge in [0.1, 0.15) is 17.7 Å². The Labute approximate surface area is 146 Å². The van der Waals surface area contributed by atoms with Crippen molar-refractivity contribution in [3.05, 3.63) is 70.4 Å². The van der Waals surface area contributed by atoms with Crippen LogP contribution in [0.3, 0.4) is 0 Å². The van der Waals surface area contributed by atoms with E-state index >= 15 is 0 Å². The first kappa shape index (κ1) is 17.5. The molecule has 0 saturated heterocycles. The van der Waals surface area contributed by atoms with Crippen molar-refractivity contribution < 1.29 is 14.2 Å². The fourth-order valence-corrected chi connectivity index (χ4v) is 3.47. The number of hydrogen-bond donors (Lipinski definition) is 1. The summed E-state index contributed by atoms with van der Waals surface area (Å²) in [5.41, 5.74) is 2.02. The molecule has 2 aromatic carbocycles. The van der Waals surface area contributed by atoms with Crippen LogP contribution >= 0.6 is 0 Å². The van der Waals surface area contributed by atoms with Gasteiger partial charge in [0.05, 0.1) is 12.6 Å². The molecule has 5 heteroatoms. The smallest absolute Gasteiger partial charge is 0.123 e. The molecule has 2 aromatic rings. The van der Waals surface area contributed by atoms with Gasteiger partial charge in [-0.3, -0.25) is 0 Å². The lowest BCUT2D eigenvalue weighted by molar-refractivity contribution is 0.0282. The van der Waals surface area contributed by atoms with E-state index in [2.05, 4.69) is 5.18 Å². The Hall–Kier alpha value is -2.27. The summed E-state index contributed by atoms with van der Waals surface area (Å²) in [6.07, 6.45) is 1.92.